The number of fused-ring (bicyclic) bond motifs is 1. The van der Waals surface area contributed by atoms with Crippen LogP contribution in [0.4, 0.5) is 0 Å². The van der Waals surface area contributed by atoms with E-state index in [1.54, 1.807) is 0 Å². The lowest BCUT2D eigenvalue weighted by Crippen LogP contribution is -2.48. The molecule has 1 unspecified atom stereocenters. The molecule has 0 bridgehead atoms. The topological polar surface area (TPSA) is 23.6 Å². The summed E-state index contributed by atoms with van der Waals surface area (Å²) in [7, 11) is 0. The van der Waals surface area contributed by atoms with E-state index in [9.17, 15) is 4.79 Å². The Kier molecular flexibility index (Phi) is 8.30. The third-order valence-corrected chi connectivity index (χ3v) is 5.61. The van der Waals surface area contributed by atoms with E-state index in [2.05, 4.69) is 46.2 Å². The zero-order valence-corrected chi connectivity index (χ0v) is 17.2. The fourth-order valence-electron chi connectivity index (χ4n) is 4.12. The molecule has 4 rings (SSSR count). The van der Waals surface area contributed by atoms with Gasteiger partial charge in [0.25, 0.3) is 0 Å². The number of halogens is 2. The first-order chi connectivity index (χ1) is 12.3. The first kappa shape index (κ1) is 21.9. The van der Waals surface area contributed by atoms with Crippen LogP contribution in [0, 0.1) is 5.92 Å². The maximum Gasteiger partial charge on any atom is 0.167 e. The number of nitrogens with zero attached hydrogens (tertiary/aromatic N) is 2. The second kappa shape index (κ2) is 10.2. The molecular weight excluding hydrogens is 379 g/mol. The highest BCUT2D eigenvalue weighted by Gasteiger charge is 2.29. The summed E-state index contributed by atoms with van der Waals surface area (Å²) < 4.78 is 0. The molecule has 2 aliphatic rings. The zero-order chi connectivity index (χ0) is 17.1. The van der Waals surface area contributed by atoms with Crippen LogP contribution in [0.15, 0.2) is 54.6 Å². The molecule has 1 heterocycles. The van der Waals surface area contributed by atoms with Crippen LogP contribution < -0.4 is 0 Å². The summed E-state index contributed by atoms with van der Waals surface area (Å²) in [5.74, 6) is 0.532. The van der Waals surface area contributed by atoms with Crippen molar-refractivity contribution in [1.29, 1.82) is 0 Å². The second-order valence-corrected chi connectivity index (χ2v) is 7.32. The summed E-state index contributed by atoms with van der Waals surface area (Å²) in [5, 5.41) is 0. The van der Waals surface area contributed by atoms with Gasteiger partial charge in [-0.1, -0.05) is 54.6 Å². The largest absolute Gasteiger partial charge is 0.300 e. The average Bonchev–Trinajstić information content (AvgIpc) is 2.67. The number of carbonyl (C=O) groups excluding carboxylic acids is 1. The number of hydrogen-bond donors (Lipinski definition) is 0. The van der Waals surface area contributed by atoms with E-state index in [1.165, 1.54) is 11.1 Å². The van der Waals surface area contributed by atoms with E-state index in [-0.39, 0.29) is 30.7 Å². The van der Waals surface area contributed by atoms with Crippen molar-refractivity contribution in [3.63, 3.8) is 0 Å². The number of carbonyl (C=O) groups is 1. The lowest BCUT2D eigenvalue weighted by Gasteiger charge is -2.37. The molecule has 3 nitrogen and oxygen atoms in total. The van der Waals surface area contributed by atoms with E-state index in [1.807, 2.05) is 18.2 Å². The molecule has 5 heteroatoms. The smallest absolute Gasteiger partial charge is 0.167 e. The van der Waals surface area contributed by atoms with Crippen molar-refractivity contribution >= 4 is 30.6 Å². The first-order valence-corrected chi connectivity index (χ1v) is 9.40. The van der Waals surface area contributed by atoms with Gasteiger partial charge in [0.15, 0.2) is 5.78 Å². The van der Waals surface area contributed by atoms with E-state index in [0.717, 1.165) is 57.7 Å². The molecule has 1 aliphatic carbocycles. The van der Waals surface area contributed by atoms with Crippen molar-refractivity contribution < 1.29 is 4.79 Å². The zero-order valence-electron chi connectivity index (χ0n) is 15.5. The van der Waals surface area contributed by atoms with Crippen molar-refractivity contribution in [2.45, 2.75) is 19.4 Å². The number of aryl methyl sites for hydroxylation is 1. The van der Waals surface area contributed by atoms with Crippen LogP contribution in [-0.4, -0.2) is 48.3 Å². The van der Waals surface area contributed by atoms with E-state index < -0.39 is 0 Å². The predicted molar refractivity (Wildman–Crippen MR) is 115 cm³/mol. The van der Waals surface area contributed by atoms with Crippen LogP contribution in [0.3, 0.4) is 0 Å². The first-order valence-electron chi connectivity index (χ1n) is 9.40. The Balaban J connectivity index is 0.00000131. The van der Waals surface area contributed by atoms with Gasteiger partial charge in [-0.05, 0) is 24.0 Å². The number of hydrogen-bond acceptors (Lipinski definition) is 3. The summed E-state index contributed by atoms with van der Waals surface area (Å²) >= 11 is 0. The molecule has 0 spiro atoms. The molecule has 0 N–H and O–H groups in total. The van der Waals surface area contributed by atoms with Crippen molar-refractivity contribution in [3.05, 3.63) is 71.3 Å². The molecule has 146 valence electrons. The van der Waals surface area contributed by atoms with Crippen molar-refractivity contribution in [2.75, 3.05) is 32.7 Å². The highest BCUT2D eigenvalue weighted by Crippen LogP contribution is 2.26. The number of piperazine rings is 1. The van der Waals surface area contributed by atoms with Crippen LogP contribution in [0.1, 0.15) is 27.9 Å². The SMILES string of the molecule is Cl.Cl.O=C1c2ccccc2CCC1CN1CCN(Cc2ccccc2)CC1. The lowest BCUT2D eigenvalue weighted by atomic mass is 9.82. The number of benzene rings is 2. The third kappa shape index (κ3) is 5.32. The van der Waals surface area contributed by atoms with Gasteiger partial charge in [-0.15, -0.1) is 24.8 Å². The van der Waals surface area contributed by atoms with Gasteiger partial charge in [0.2, 0.25) is 0 Å². The quantitative estimate of drug-likeness (QED) is 0.763. The Morgan fingerprint density at radius 2 is 1.44 bits per heavy atom. The van der Waals surface area contributed by atoms with Gasteiger partial charge in [0.05, 0.1) is 0 Å². The fraction of sp³-hybridized carbons (Fsp3) is 0.409. The molecule has 1 saturated heterocycles. The molecule has 0 saturated carbocycles. The molecule has 2 aromatic carbocycles. The van der Waals surface area contributed by atoms with Gasteiger partial charge in [-0.2, -0.15) is 0 Å². The van der Waals surface area contributed by atoms with Crippen LogP contribution in [-0.2, 0) is 13.0 Å². The van der Waals surface area contributed by atoms with Gasteiger partial charge in [-0.3, -0.25) is 9.69 Å². The standard InChI is InChI=1S/C22H26N2O.2ClH/c25-22-20(11-10-19-8-4-5-9-21(19)22)17-24-14-12-23(13-15-24)16-18-6-2-1-3-7-18;;/h1-9,20H,10-17H2;2*1H. The summed E-state index contributed by atoms with van der Waals surface area (Å²) in [6.45, 7) is 6.27. The van der Waals surface area contributed by atoms with E-state index in [0.29, 0.717) is 5.78 Å². The average molecular weight is 407 g/mol. The molecule has 2 aromatic rings. The van der Waals surface area contributed by atoms with E-state index in [4.69, 9.17) is 0 Å². The molecule has 1 fully saturated rings. The normalized spacial score (nSPS) is 20.3. The van der Waals surface area contributed by atoms with Gasteiger partial charge >= 0.3 is 0 Å². The van der Waals surface area contributed by atoms with Gasteiger partial charge in [-0.25, -0.2) is 0 Å². The molecule has 1 atom stereocenters. The molecule has 0 radical (unpaired) electrons. The molecule has 0 aromatic heterocycles. The Morgan fingerprint density at radius 3 is 2.19 bits per heavy atom. The van der Waals surface area contributed by atoms with Gasteiger partial charge < -0.3 is 4.90 Å². The summed E-state index contributed by atoms with van der Waals surface area (Å²) in [4.78, 5) is 17.8. The Labute approximate surface area is 174 Å². The molecule has 27 heavy (non-hydrogen) atoms. The van der Waals surface area contributed by atoms with Gasteiger partial charge in [0.1, 0.15) is 0 Å². The maximum atomic E-state index is 12.8. The number of Topliss-reactive ketones (excluding diaryl/α,β-unsaturated/α-hetero) is 1. The van der Waals surface area contributed by atoms with Crippen LogP contribution in [0.5, 0.6) is 0 Å². The van der Waals surface area contributed by atoms with Crippen LogP contribution in [0.2, 0.25) is 0 Å². The monoisotopic (exact) mass is 406 g/mol. The number of ketones is 1. The number of rotatable bonds is 4. The minimum Gasteiger partial charge on any atom is -0.300 e. The molecular formula is C22H28Cl2N2O. The maximum absolute atomic E-state index is 12.8. The van der Waals surface area contributed by atoms with E-state index >= 15 is 0 Å². The molecule has 0 amide bonds. The van der Waals surface area contributed by atoms with Crippen LogP contribution in [0.25, 0.3) is 0 Å². The Bertz CT molecular complexity index is 730. The van der Waals surface area contributed by atoms with Crippen molar-refractivity contribution in [1.82, 2.24) is 9.80 Å². The fourth-order valence-corrected chi connectivity index (χ4v) is 4.12. The van der Waals surface area contributed by atoms with Gasteiger partial charge in [0, 0.05) is 50.7 Å². The lowest BCUT2D eigenvalue weighted by molar-refractivity contribution is 0.0782. The summed E-state index contributed by atoms with van der Waals surface area (Å²) in [6.07, 6.45) is 2.04. The highest BCUT2D eigenvalue weighted by molar-refractivity contribution is 6.00. The highest BCUT2D eigenvalue weighted by atomic mass is 35.5. The molecule has 1 aliphatic heterocycles. The Morgan fingerprint density at radius 1 is 0.815 bits per heavy atom. The predicted octanol–water partition coefficient (Wildman–Crippen LogP) is 4.09. The Hall–Kier alpha value is -1.39. The van der Waals surface area contributed by atoms with Crippen molar-refractivity contribution in [3.8, 4) is 0 Å². The minimum atomic E-state index is 0. The van der Waals surface area contributed by atoms with Crippen LogP contribution >= 0.6 is 24.8 Å². The van der Waals surface area contributed by atoms with Crippen molar-refractivity contribution in [2.24, 2.45) is 5.92 Å². The minimum absolute atomic E-state index is 0. The summed E-state index contributed by atoms with van der Waals surface area (Å²) in [5.41, 5.74) is 3.58. The summed E-state index contributed by atoms with van der Waals surface area (Å²) in [6, 6.07) is 18.8. The third-order valence-electron chi connectivity index (χ3n) is 5.61. The second-order valence-electron chi connectivity index (χ2n) is 7.32.